The maximum Gasteiger partial charge on any atom is 0.276 e. The molecule has 2 aromatic rings. The third-order valence-electron chi connectivity index (χ3n) is 3.11. The summed E-state index contributed by atoms with van der Waals surface area (Å²) in [5.74, 6) is 0.956. The van der Waals surface area contributed by atoms with Gasteiger partial charge in [-0.2, -0.15) is 0 Å². The van der Waals surface area contributed by atoms with Gasteiger partial charge < -0.3 is 9.84 Å². The Balaban J connectivity index is 2.35. The van der Waals surface area contributed by atoms with Gasteiger partial charge in [0.1, 0.15) is 11.5 Å². The molecule has 0 fully saturated rings. The molecule has 2 rings (SSSR count). The third kappa shape index (κ3) is 3.40. The smallest absolute Gasteiger partial charge is 0.276 e. The van der Waals surface area contributed by atoms with E-state index in [1.807, 2.05) is 0 Å². The summed E-state index contributed by atoms with van der Waals surface area (Å²) in [7, 11) is 0. The van der Waals surface area contributed by atoms with Crippen LogP contribution in [0, 0.1) is 17.0 Å². The van der Waals surface area contributed by atoms with Crippen LogP contribution in [0.4, 0.5) is 5.69 Å². The molecule has 0 amide bonds. The number of halogens is 1. The topological polar surface area (TPSA) is 72.6 Å². The van der Waals surface area contributed by atoms with Crippen molar-refractivity contribution in [3.63, 3.8) is 0 Å². The SMILES string of the molecule is Cc1c(Oc2ccc([C@H](C)O)cc2Br)cccc1[N+](=O)[O-]. The highest BCUT2D eigenvalue weighted by atomic mass is 79.9. The molecule has 0 aromatic heterocycles. The van der Waals surface area contributed by atoms with Gasteiger partial charge in [0.2, 0.25) is 0 Å². The minimum atomic E-state index is -0.574. The average molecular weight is 352 g/mol. The van der Waals surface area contributed by atoms with Crippen LogP contribution in [0.25, 0.3) is 0 Å². The van der Waals surface area contributed by atoms with Crippen LogP contribution in [0.1, 0.15) is 24.2 Å². The van der Waals surface area contributed by atoms with E-state index in [4.69, 9.17) is 4.74 Å². The zero-order chi connectivity index (χ0) is 15.6. The predicted molar refractivity (Wildman–Crippen MR) is 82.7 cm³/mol. The van der Waals surface area contributed by atoms with E-state index in [0.717, 1.165) is 5.56 Å². The number of hydrogen-bond donors (Lipinski definition) is 1. The summed E-state index contributed by atoms with van der Waals surface area (Å²) in [5, 5.41) is 20.5. The molecule has 0 aliphatic rings. The summed E-state index contributed by atoms with van der Waals surface area (Å²) >= 11 is 3.37. The number of nitro groups is 1. The van der Waals surface area contributed by atoms with Crippen LogP contribution in [-0.2, 0) is 0 Å². The van der Waals surface area contributed by atoms with Crippen molar-refractivity contribution in [2.45, 2.75) is 20.0 Å². The lowest BCUT2D eigenvalue weighted by Gasteiger charge is -2.12. The highest BCUT2D eigenvalue weighted by Gasteiger charge is 2.15. The number of benzene rings is 2. The molecule has 0 heterocycles. The second-order valence-electron chi connectivity index (χ2n) is 4.63. The molecule has 0 aliphatic heterocycles. The number of ether oxygens (including phenoxy) is 1. The van der Waals surface area contributed by atoms with Gasteiger partial charge in [0.25, 0.3) is 5.69 Å². The van der Waals surface area contributed by atoms with Gasteiger partial charge in [0, 0.05) is 6.07 Å². The van der Waals surface area contributed by atoms with Crippen molar-refractivity contribution in [3.8, 4) is 11.5 Å². The van der Waals surface area contributed by atoms with Crippen molar-refractivity contribution in [1.29, 1.82) is 0 Å². The van der Waals surface area contributed by atoms with Gasteiger partial charge in [-0.1, -0.05) is 12.1 Å². The molecule has 0 radical (unpaired) electrons. The van der Waals surface area contributed by atoms with Crippen molar-refractivity contribution in [1.82, 2.24) is 0 Å². The molecule has 0 saturated heterocycles. The van der Waals surface area contributed by atoms with Crippen LogP contribution in [0.15, 0.2) is 40.9 Å². The van der Waals surface area contributed by atoms with Crippen LogP contribution < -0.4 is 4.74 Å². The summed E-state index contributed by atoms with van der Waals surface area (Å²) in [6, 6.07) is 9.91. The van der Waals surface area contributed by atoms with E-state index in [9.17, 15) is 15.2 Å². The van der Waals surface area contributed by atoms with Gasteiger partial charge in [0.15, 0.2) is 0 Å². The average Bonchev–Trinajstić information content (AvgIpc) is 2.42. The van der Waals surface area contributed by atoms with Crippen molar-refractivity contribution < 1.29 is 14.8 Å². The maximum atomic E-state index is 10.9. The molecule has 5 nitrogen and oxygen atoms in total. The Bertz CT molecular complexity index is 685. The van der Waals surface area contributed by atoms with Crippen molar-refractivity contribution in [3.05, 3.63) is 62.1 Å². The fourth-order valence-corrected chi connectivity index (χ4v) is 2.37. The Morgan fingerprint density at radius 3 is 2.57 bits per heavy atom. The number of hydrogen-bond acceptors (Lipinski definition) is 4. The van der Waals surface area contributed by atoms with E-state index in [1.54, 1.807) is 44.2 Å². The number of aliphatic hydroxyl groups is 1. The van der Waals surface area contributed by atoms with E-state index < -0.39 is 11.0 Å². The van der Waals surface area contributed by atoms with E-state index in [2.05, 4.69) is 15.9 Å². The fraction of sp³-hybridized carbons (Fsp3) is 0.200. The number of nitro benzene ring substituents is 1. The van der Waals surface area contributed by atoms with E-state index in [-0.39, 0.29) is 5.69 Å². The van der Waals surface area contributed by atoms with E-state index >= 15 is 0 Å². The molecular weight excluding hydrogens is 338 g/mol. The van der Waals surface area contributed by atoms with Gasteiger partial charge in [-0.3, -0.25) is 10.1 Å². The first-order chi connectivity index (χ1) is 9.90. The lowest BCUT2D eigenvalue weighted by molar-refractivity contribution is -0.385. The normalized spacial score (nSPS) is 12.0. The minimum absolute atomic E-state index is 0.0178. The molecule has 0 aliphatic carbocycles. The first-order valence-electron chi connectivity index (χ1n) is 6.29. The third-order valence-corrected chi connectivity index (χ3v) is 3.73. The van der Waals surface area contributed by atoms with Crippen LogP contribution in [0.3, 0.4) is 0 Å². The molecule has 0 unspecified atom stereocenters. The Morgan fingerprint density at radius 2 is 2.00 bits per heavy atom. The first-order valence-corrected chi connectivity index (χ1v) is 7.09. The van der Waals surface area contributed by atoms with Crippen molar-refractivity contribution in [2.75, 3.05) is 0 Å². The van der Waals surface area contributed by atoms with E-state index in [0.29, 0.717) is 21.5 Å². The Morgan fingerprint density at radius 1 is 1.29 bits per heavy atom. The number of aliphatic hydroxyl groups excluding tert-OH is 1. The Hall–Kier alpha value is -1.92. The first kappa shape index (κ1) is 15.5. The Kier molecular flexibility index (Phi) is 4.59. The van der Waals surface area contributed by atoms with Gasteiger partial charge in [0.05, 0.1) is 21.1 Å². The van der Waals surface area contributed by atoms with E-state index in [1.165, 1.54) is 6.07 Å². The summed E-state index contributed by atoms with van der Waals surface area (Å²) in [6.07, 6.45) is -0.574. The molecule has 1 N–H and O–H groups in total. The fourth-order valence-electron chi connectivity index (χ4n) is 1.89. The van der Waals surface area contributed by atoms with Crippen LogP contribution >= 0.6 is 15.9 Å². The summed E-state index contributed by atoms with van der Waals surface area (Å²) in [6.45, 7) is 3.32. The van der Waals surface area contributed by atoms with Crippen molar-refractivity contribution in [2.24, 2.45) is 0 Å². The second kappa shape index (κ2) is 6.24. The zero-order valence-corrected chi connectivity index (χ0v) is 13.1. The Labute approximate surface area is 130 Å². The monoisotopic (exact) mass is 351 g/mol. The maximum absolute atomic E-state index is 10.9. The van der Waals surface area contributed by atoms with Crippen LogP contribution in [0.5, 0.6) is 11.5 Å². The second-order valence-corrected chi connectivity index (χ2v) is 5.48. The van der Waals surface area contributed by atoms with Crippen molar-refractivity contribution >= 4 is 21.6 Å². The van der Waals surface area contributed by atoms with Crippen LogP contribution in [0.2, 0.25) is 0 Å². The number of rotatable bonds is 4. The van der Waals surface area contributed by atoms with Gasteiger partial charge in [-0.05, 0) is 53.5 Å². The summed E-state index contributed by atoms with van der Waals surface area (Å²) < 4.78 is 6.41. The molecule has 1 atom stereocenters. The molecule has 0 saturated carbocycles. The summed E-state index contributed by atoms with van der Waals surface area (Å²) in [4.78, 5) is 10.5. The van der Waals surface area contributed by atoms with Gasteiger partial charge >= 0.3 is 0 Å². The van der Waals surface area contributed by atoms with Gasteiger partial charge in [-0.25, -0.2) is 0 Å². The predicted octanol–water partition coefficient (Wildman–Crippen LogP) is 4.51. The molecule has 0 spiro atoms. The quantitative estimate of drug-likeness (QED) is 0.649. The van der Waals surface area contributed by atoms with Gasteiger partial charge in [-0.15, -0.1) is 0 Å². The number of nitrogens with zero attached hydrogens (tertiary/aromatic N) is 1. The molecule has 6 heteroatoms. The zero-order valence-electron chi connectivity index (χ0n) is 11.5. The molecule has 21 heavy (non-hydrogen) atoms. The standard InChI is InChI=1S/C15H14BrNO4/c1-9-13(17(19)20)4-3-5-14(9)21-15-7-6-11(10(2)18)8-12(15)16/h3-8,10,18H,1-2H3/t10-/m0/s1. The summed E-state index contributed by atoms with van der Waals surface area (Å²) in [5.41, 5.74) is 1.24. The van der Waals surface area contributed by atoms with Crippen LogP contribution in [-0.4, -0.2) is 10.0 Å². The lowest BCUT2D eigenvalue weighted by atomic mass is 10.1. The molecule has 2 aromatic carbocycles. The highest BCUT2D eigenvalue weighted by Crippen LogP contribution is 2.35. The molecular formula is C15H14BrNO4. The largest absolute Gasteiger partial charge is 0.456 e. The molecule has 0 bridgehead atoms. The molecule has 110 valence electrons. The highest BCUT2D eigenvalue weighted by molar-refractivity contribution is 9.10. The lowest BCUT2D eigenvalue weighted by Crippen LogP contribution is -1.96. The minimum Gasteiger partial charge on any atom is -0.456 e.